The highest BCUT2D eigenvalue weighted by molar-refractivity contribution is 7.13. The highest BCUT2D eigenvalue weighted by atomic mass is 32.1. The summed E-state index contributed by atoms with van der Waals surface area (Å²) < 4.78 is 4.86. The predicted octanol–water partition coefficient (Wildman–Crippen LogP) is 2.76. The Balaban J connectivity index is 1.85. The van der Waals surface area contributed by atoms with Crippen molar-refractivity contribution in [3.63, 3.8) is 0 Å². The summed E-state index contributed by atoms with van der Waals surface area (Å²) in [4.78, 5) is 16.6. The molecule has 0 spiro atoms. The lowest BCUT2D eigenvalue weighted by molar-refractivity contribution is -0.142. The van der Waals surface area contributed by atoms with Crippen LogP contribution in [0.5, 0.6) is 0 Å². The Labute approximate surface area is 119 Å². The van der Waals surface area contributed by atoms with E-state index in [0.29, 0.717) is 17.4 Å². The van der Waals surface area contributed by atoms with Crippen LogP contribution >= 0.6 is 22.7 Å². The molecular formula is C12H13N3O2S2. The molecule has 0 fully saturated rings. The highest BCUT2D eigenvalue weighted by Crippen LogP contribution is 2.16. The van der Waals surface area contributed by atoms with Crippen molar-refractivity contribution in [1.29, 1.82) is 0 Å². The van der Waals surface area contributed by atoms with Gasteiger partial charge in [0, 0.05) is 10.3 Å². The van der Waals surface area contributed by atoms with Crippen LogP contribution < -0.4 is 5.43 Å². The molecule has 0 amide bonds. The number of nitrogens with zero attached hydrogens (tertiary/aromatic N) is 2. The Bertz CT molecular complexity index is 549. The zero-order valence-corrected chi connectivity index (χ0v) is 12.0. The first-order valence-corrected chi connectivity index (χ1v) is 7.46. The van der Waals surface area contributed by atoms with Crippen molar-refractivity contribution in [3.8, 4) is 0 Å². The number of rotatable bonds is 6. The van der Waals surface area contributed by atoms with Gasteiger partial charge in [-0.05, 0) is 18.4 Å². The van der Waals surface area contributed by atoms with Crippen molar-refractivity contribution < 1.29 is 9.53 Å². The standard InChI is InChI=1S/C12H13N3O2S2/c1-2-17-11(16)6-9-8-19-12(14-9)15-13-7-10-4-3-5-18-10/h3-5,7-8H,2,6H2,1H3,(H,14,15). The number of ether oxygens (including phenoxy) is 1. The monoisotopic (exact) mass is 295 g/mol. The molecule has 0 saturated heterocycles. The van der Waals surface area contributed by atoms with Crippen LogP contribution in [0.2, 0.25) is 0 Å². The Morgan fingerprint density at radius 2 is 2.47 bits per heavy atom. The highest BCUT2D eigenvalue weighted by Gasteiger charge is 2.07. The Kier molecular flexibility index (Phi) is 5.05. The van der Waals surface area contributed by atoms with Gasteiger partial charge in [-0.2, -0.15) is 5.10 Å². The number of hydrogen-bond donors (Lipinski definition) is 1. The number of thiazole rings is 1. The SMILES string of the molecule is CCOC(=O)Cc1csc(NN=Cc2cccs2)n1. The van der Waals surface area contributed by atoms with Gasteiger partial charge >= 0.3 is 5.97 Å². The molecule has 0 aromatic carbocycles. The number of nitrogens with one attached hydrogen (secondary N) is 1. The summed E-state index contributed by atoms with van der Waals surface area (Å²) >= 11 is 3.02. The summed E-state index contributed by atoms with van der Waals surface area (Å²) in [6, 6.07) is 3.94. The van der Waals surface area contributed by atoms with Gasteiger partial charge in [-0.1, -0.05) is 6.07 Å². The van der Waals surface area contributed by atoms with Crippen LogP contribution in [0.4, 0.5) is 5.13 Å². The lowest BCUT2D eigenvalue weighted by Crippen LogP contribution is -2.07. The summed E-state index contributed by atoms with van der Waals surface area (Å²) in [5, 5.41) is 8.55. The fourth-order valence-electron chi connectivity index (χ4n) is 1.32. The number of hydrazone groups is 1. The van der Waals surface area contributed by atoms with E-state index < -0.39 is 0 Å². The second-order valence-corrected chi connectivity index (χ2v) is 5.35. The molecule has 0 bridgehead atoms. The Hall–Kier alpha value is -1.73. The van der Waals surface area contributed by atoms with Crippen LogP contribution in [-0.2, 0) is 16.0 Å². The van der Waals surface area contributed by atoms with E-state index >= 15 is 0 Å². The van der Waals surface area contributed by atoms with E-state index in [0.717, 1.165) is 4.88 Å². The number of thiophene rings is 1. The summed E-state index contributed by atoms with van der Waals surface area (Å²) in [5.74, 6) is -0.263. The van der Waals surface area contributed by atoms with E-state index in [1.807, 2.05) is 22.9 Å². The van der Waals surface area contributed by atoms with Gasteiger partial charge in [0.1, 0.15) is 0 Å². The second-order valence-electron chi connectivity index (χ2n) is 3.51. The van der Waals surface area contributed by atoms with Gasteiger partial charge < -0.3 is 4.74 Å². The van der Waals surface area contributed by atoms with E-state index in [4.69, 9.17) is 4.74 Å². The maximum atomic E-state index is 11.3. The molecule has 0 atom stereocenters. The normalized spacial score (nSPS) is 10.8. The average molecular weight is 295 g/mol. The minimum absolute atomic E-state index is 0.195. The van der Waals surface area contributed by atoms with Gasteiger partial charge in [0.15, 0.2) is 0 Å². The fourth-order valence-corrected chi connectivity index (χ4v) is 2.56. The van der Waals surface area contributed by atoms with E-state index in [9.17, 15) is 4.79 Å². The minimum Gasteiger partial charge on any atom is -0.466 e. The zero-order valence-electron chi connectivity index (χ0n) is 10.3. The topological polar surface area (TPSA) is 63.6 Å². The number of carbonyl (C=O) groups is 1. The Morgan fingerprint density at radius 1 is 1.58 bits per heavy atom. The smallest absolute Gasteiger partial charge is 0.311 e. The third-order valence-corrected chi connectivity index (χ3v) is 3.68. The summed E-state index contributed by atoms with van der Waals surface area (Å²) in [6.45, 7) is 2.17. The van der Waals surface area contributed by atoms with Gasteiger partial charge in [0.05, 0.1) is 24.9 Å². The fraction of sp³-hybridized carbons (Fsp3) is 0.250. The zero-order chi connectivity index (χ0) is 13.5. The molecule has 0 radical (unpaired) electrons. The molecule has 1 N–H and O–H groups in total. The minimum atomic E-state index is -0.263. The van der Waals surface area contributed by atoms with E-state index in [1.165, 1.54) is 11.3 Å². The summed E-state index contributed by atoms with van der Waals surface area (Å²) in [7, 11) is 0. The molecule has 7 heteroatoms. The molecule has 2 aromatic rings. The number of aromatic nitrogens is 1. The summed E-state index contributed by atoms with van der Waals surface area (Å²) in [6.07, 6.45) is 1.93. The van der Waals surface area contributed by atoms with Crippen molar-refractivity contribution >= 4 is 40.0 Å². The first-order chi connectivity index (χ1) is 9.28. The van der Waals surface area contributed by atoms with Gasteiger partial charge in [-0.15, -0.1) is 22.7 Å². The van der Waals surface area contributed by atoms with Crippen LogP contribution in [0.15, 0.2) is 28.0 Å². The number of anilines is 1. The molecule has 2 heterocycles. The second kappa shape index (κ2) is 7.01. The molecule has 0 aliphatic rings. The van der Waals surface area contributed by atoms with Gasteiger partial charge in [-0.3, -0.25) is 10.2 Å². The number of hydrogen-bond acceptors (Lipinski definition) is 7. The van der Waals surface area contributed by atoms with Crippen molar-refractivity contribution in [2.75, 3.05) is 12.0 Å². The van der Waals surface area contributed by atoms with Crippen molar-refractivity contribution in [2.45, 2.75) is 13.3 Å². The summed E-state index contributed by atoms with van der Waals surface area (Å²) in [5.41, 5.74) is 3.53. The van der Waals surface area contributed by atoms with Crippen LogP contribution in [0.25, 0.3) is 0 Å². The first-order valence-electron chi connectivity index (χ1n) is 5.70. The third kappa shape index (κ3) is 4.46. The first kappa shape index (κ1) is 13.7. The molecule has 2 rings (SSSR count). The molecule has 5 nitrogen and oxygen atoms in total. The average Bonchev–Trinajstić information content (AvgIpc) is 3.01. The molecule has 0 unspecified atom stereocenters. The van der Waals surface area contributed by atoms with E-state index in [2.05, 4.69) is 15.5 Å². The lowest BCUT2D eigenvalue weighted by atomic mass is 10.3. The van der Waals surface area contributed by atoms with Crippen LogP contribution in [0, 0.1) is 0 Å². The molecule has 0 saturated carbocycles. The quantitative estimate of drug-likeness (QED) is 0.505. The Morgan fingerprint density at radius 3 is 3.21 bits per heavy atom. The molecule has 19 heavy (non-hydrogen) atoms. The van der Waals surface area contributed by atoms with Crippen molar-refractivity contribution in [2.24, 2.45) is 5.10 Å². The third-order valence-electron chi connectivity index (χ3n) is 2.08. The lowest BCUT2D eigenvalue weighted by Gasteiger charge is -1.97. The van der Waals surface area contributed by atoms with Gasteiger partial charge in [0.2, 0.25) is 5.13 Å². The predicted molar refractivity (Wildman–Crippen MR) is 78.0 cm³/mol. The van der Waals surface area contributed by atoms with Crippen LogP contribution in [-0.4, -0.2) is 23.8 Å². The van der Waals surface area contributed by atoms with Gasteiger partial charge in [0.25, 0.3) is 0 Å². The number of carbonyl (C=O) groups excluding carboxylic acids is 1. The van der Waals surface area contributed by atoms with Crippen LogP contribution in [0.1, 0.15) is 17.5 Å². The number of esters is 1. The molecule has 2 aromatic heterocycles. The van der Waals surface area contributed by atoms with E-state index in [1.54, 1.807) is 24.5 Å². The largest absolute Gasteiger partial charge is 0.466 e. The molecular weight excluding hydrogens is 282 g/mol. The maximum Gasteiger partial charge on any atom is 0.311 e. The van der Waals surface area contributed by atoms with Crippen molar-refractivity contribution in [3.05, 3.63) is 33.5 Å². The molecule has 100 valence electrons. The van der Waals surface area contributed by atoms with Crippen LogP contribution in [0.3, 0.4) is 0 Å². The van der Waals surface area contributed by atoms with Gasteiger partial charge in [-0.25, -0.2) is 4.98 Å². The maximum absolute atomic E-state index is 11.3. The van der Waals surface area contributed by atoms with Crippen molar-refractivity contribution in [1.82, 2.24) is 4.98 Å². The molecule has 0 aliphatic carbocycles. The molecule has 0 aliphatic heterocycles. The van der Waals surface area contributed by atoms with E-state index in [-0.39, 0.29) is 12.4 Å².